The summed E-state index contributed by atoms with van der Waals surface area (Å²) in [6.45, 7) is 3.85. The summed E-state index contributed by atoms with van der Waals surface area (Å²) in [5, 5.41) is 11.9. The predicted octanol–water partition coefficient (Wildman–Crippen LogP) is 2.92. The van der Waals surface area contributed by atoms with E-state index in [9.17, 15) is 14.4 Å². The van der Waals surface area contributed by atoms with Gasteiger partial charge >= 0.3 is 0 Å². The van der Waals surface area contributed by atoms with E-state index in [0.29, 0.717) is 53.5 Å². The number of nitrogens with one attached hydrogen (secondary N) is 4. The van der Waals surface area contributed by atoms with Crippen molar-refractivity contribution in [3.05, 3.63) is 70.8 Å². The highest BCUT2D eigenvalue weighted by atomic mass is 79.9. The molecule has 1 atom stereocenters. The molecule has 0 aliphatic carbocycles. The third-order valence-electron chi connectivity index (χ3n) is 5.88. The van der Waals surface area contributed by atoms with Gasteiger partial charge in [0, 0.05) is 30.7 Å². The Morgan fingerprint density at radius 1 is 1.03 bits per heavy atom. The van der Waals surface area contributed by atoms with Crippen molar-refractivity contribution in [3.63, 3.8) is 0 Å². The monoisotopic (exact) mass is 596 g/mol. The number of hydrogen-bond donors (Lipinski definition) is 6. The summed E-state index contributed by atoms with van der Waals surface area (Å²) in [5.74, 6) is -0.463. The Morgan fingerprint density at radius 2 is 1.74 bits per heavy atom. The van der Waals surface area contributed by atoms with Crippen molar-refractivity contribution in [2.45, 2.75) is 32.7 Å². The summed E-state index contributed by atoms with van der Waals surface area (Å²) in [6, 6.07) is 16.1. The number of hydrogen-bond acceptors (Lipinski definition) is 8. The molecule has 3 rings (SSSR count). The fraction of sp³-hybridized carbons (Fsp3) is 0.296. The minimum atomic E-state index is -1.27. The van der Waals surface area contributed by atoms with E-state index in [1.165, 1.54) is 13.8 Å². The van der Waals surface area contributed by atoms with Crippen LogP contribution in [0.1, 0.15) is 25.8 Å². The van der Waals surface area contributed by atoms with Crippen LogP contribution in [0, 0.1) is 5.41 Å². The Hall–Kier alpha value is -4.03. The summed E-state index contributed by atoms with van der Waals surface area (Å²) >= 11 is 3.43. The topological polar surface area (TPSA) is 177 Å². The molecule has 11 nitrogen and oxygen atoms in total. The number of primary amides is 1. The molecular formula is C27H33BrN8O3. The van der Waals surface area contributed by atoms with Gasteiger partial charge in [-0.2, -0.15) is 4.98 Å². The molecule has 3 aromatic rings. The molecule has 1 unspecified atom stereocenters. The molecule has 0 spiro atoms. The van der Waals surface area contributed by atoms with Crippen LogP contribution >= 0.6 is 15.9 Å². The van der Waals surface area contributed by atoms with Crippen LogP contribution in [0.2, 0.25) is 0 Å². The molecule has 0 saturated heterocycles. The zero-order valence-electron chi connectivity index (χ0n) is 21.8. The molecule has 2 aromatic carbocycles. The number of benzene rings is 2. The van der Waals surface area contributed by atoms with Crippen molar-refractivity contribution in [3.8, 4) is 0 Å². The van der Waals surface area contributed by atoms with Crippen LogP contribution in [-0.2, 0) is 20.8 Å². The van der Waals surface area contributed by atoms with Crippen LogP contribution < -0.4 is 32.7 Å². The van der Waals surface area contributed by atoms with Gasteiger partial charge in [-0.15, -0.1) is 0 Å². The Bertz CT molecular complexity index is 1300. The van der Waals surface area contributed by atoms with Crippen molar-refractivity contribution in [1.82, 2.24) is 15.3 Å². The summed E-state index contributed by atoms with van der Waals surface area (Å²) in [7, 11) is 0. The third-order valence-corrected chi connectivity index (χ3v) is 6.46. The molecular weight excluding hydrogens is 564 g/mol. The number of aromatic nitrogens is 2. The van der Waals surface area contributed by atoms with Crippen LogP contribution in [0.25, 0.3) is 0 Å². The number of halogens is 1. The van der Waals surface area contributed by atoms with E-state index < -0.39 is 23.3 Å². The Labute approximate surface area is 235 Å². The Kier molecular flexibility index (Phi) is 10.4. The van der Waals surface area contributed by atoms with Gasteiger partial charge in [0.25, 0.3) is 0 Å². The van der Waals surface area contributed by atoms with Gasteiger partial charge in [0.2, 0.25) is 23.7 Å². The Morgan fingerprint density at radius 3 is 2.46 bits per heavy atom. The lowest BCUT2D eigenvalue weighted by atomic mass is 9.91. The largest absolute Gasteiger partial charge is 0.369 e. The maximum Gasteiger partial charge on any atom is 0.241 e. The van der Waals surface area contributed by atoms with Gasteiger partial charge in [-0.05, 0) is 66.4 Å². The quantitative estimate of drug-likeness (QED) is 0.129. The number of rotatable bonds is 13. The number of amides is 3. The first-order valence-electron chi connectivity index (χ1n) is 12.4. The van der Waals surface area contributed by atoms with Crippen LogP contribution in [0.3, 0.4) is 0 Å². The molecule has 12 heteroatoms. The first kappa shape index (κ1) is 29.5. The highest BCUT2D eigenvalue weighted by Crippen LogP contribution is 2.23. The summed E-state index contributed by atoms with van der Waals surface area (Å²) in [4.78, 5) is 44.9. The SMILES string of the molecule is CC(C)(C(N)=O)C(=O)NCCCNc1nc(Nc2cccc(NC(=O)C(N)Cc3ccccc3)c2)ncc1Br. The van der Waals surface area contributed by atoms with E-state index in [-0.39, 0.29) is 5.91 Å². The van der Waals surface area contributed by atoms with E-state index in [0.717, 1.165) is 5.56 Å². The van der Waals surface area contributed by atoms with Crippen molar-refractivity contribution >= 4 is 56.8 Å². The highest BCUT2D eigenvalue weighted by molar-refractivity contribution is 9.10. The molecule has 39 heavy (non-hydrogen) atoms. The molecule has 8 N–H and O–H groups in total. The van der Waals surface area contributed by atoms with Gasteiger partial charge < -0.3 is 32.7 Å². The molecule has 0 aliphatic heterocycles. The lowest BCUT2D eigenvalue weighted by molar-refractivity contribution is -0.139. The van der Waals surface area contributed by atoms with Gasteiger partial charge in [-0.1, -0.05) is 36.4 Å². The average Bonchev–Trinajstić information content (AvgIpc) is 2.90. The fourth-order valence-corrected chi connectivity index (χ4v) is 3.71. The van der Waals surface area contributed by atoms with E-state index in [1.807, 2.05) is 36.4 Å². The van der Waals surface area contributed by atoms with Gasteiger partial charge in [0.15, 0.2) is 0 Å². The Balaban J connectivity index is 1.52. The van der Waals surface area contributed by atoms with Crippen LogP contribution in [-0.4, -0.2) is 46.8 Å². The smallest absolute Gasteiger partial charge is 0.241 e. The summed E-state index contributed by atoms with van der Waals surface area (Å²) < 4.78 is 0.667. The van der Waals surface area contributed by atoms with E-state index in [1.54, 1.807) is 24.4 Å². The van der Waals surface area contributed by atoms with Crippen molar-refractivity contribution in [1.29, 1.82) is 0 Å². The zero-order chi connectivity index (χ0) is 28.4. The van der Waals surface area contributed by atoms with Gasteiger partial charge in [-0.25, -0.2) is 4.98 Å². The first-order chi connectivity index (χ1) is 18.6. The zero-order valence-corrected chi connectivity index (χ0v) is 23.4. The molecule has 0 bridgehead atoms. The molecule has 1 heterocycles. The number of anilines is 4. The van der Waals surface area contributed by atoms with Crippen LogP contribution in [0.4, 0.5) is 23.1 Å². The number of nitrogens with zero attached hydrogens (tertiary/aromatic N) is 2. The minimum Gasteiger partial charge on any atom is -0.369 e. The second-order valence-corrected chi connectivity index (χ2v) is 10.3. The maximum absolute atomic E-state index is 12.6. The van der Waals surface area contributed by atoms with E-state index in [4.69, 9.17) is 11.5 Å². The molecule has 0 aliphatic rings. The van der Waals surface area contributed by atoms with Crippen molar-refractivity contribution in [2.75, 3.05) is 29.0 Å². The summed E-state index contributed by atoms with van der Waals surface area (Å²) in [6.07, 6.45) is 2.64. The van der Waals surface area contributed by atoms with Crippen molar-refractivity contribution < 1.29 is 14.4 Å². The van der Waals surface area contributed by atoms with E-state index >= 15 is 0 Å². The van der Waals surface area contributed by atoms with Gasteiger partial charge in [0.1, 0.15) is 11.2 Å². The fourth-order valence-electron chi connectivity index (χ4n) is 3.38. The molecule has 0 fully saturated rings. The van der Waals surface area contributed by atoms with Crippen molar-refractivity contribution in [2.24, 2.45) is 16.9 Å². The third kappa shape index (κ3) is 8.76. The van der Waals surface area contributed by atoms with E-state index in [2.05, 4.69) is 47.2 Å². The average molecular weight is 598 g/mol. The number of carbonyl (C=O) groups excluding carboxylic acids is 3. The number of carbonyl (C=O) groups is 3. The summed E-state index contributed by atoms with van der Waals surface area (Å²) in [5.41, 5.74) is 12.4. The minimum absolute atomic E-state index is 0.281. The number of nitrogens with two attached hydrogens (primary N) is 2. The molecule has 0 saturated carbocycles. The molecule has 0 radical (unpaired) electrons. The normalized spacial score (nSPS) is 11.8. The maximum atomic E-state index is 12.6. The molecule has 3 amide bonds. The lowest BCUT2D eigenvalue weighted by Gasteiger charge is -2.19. The second-order valence-electron chi connectivity index (χ2n) is 9.41. The molecule has 1 aromatic heterocycles. The lowest BCUT2D eigenvalue weighted by Crippen LogP contribution is -2.46. The first-order valence-corrected chi connectivity index (χ1v) is 13.2. The standard InChI is InChI=1S/C27H33BrN8O3/c1-27(2,24(30)38)25(39)32-13-7-12-31-22-20(28)16-33-26(36-22)35-19-11-6-10-18(15-19)34-23(37)21(29)14-17-8-4-3-5-9-17/h3-6,8-11,15-16,21H,7,12-14,29H2,1-2H3,(H2,30,38)(H,32,39)(H,34,37)(H2,31,33,35,36). The van der Waals surface area contributed by atoms with Gasteiger partial charge in [0.05, 0.1) is 10.5 Å². The van der Waals surface area contributed by atoms with Gasteiger partial charge in [-0.3, -0.25) is 14.4 Å². The second kappa shape index (κ2) is 13.7. The highest BCUT2D eigenvalue weighted by Gasteiger charge is 2.33. The predicted molar refractivity (Wildman–Crippen MR) is 155 cm³/mol. The van der Waals surface area contributed by atoms with Crippen LogP contribution in [0.5, 0.6) is 0 Å². The molecule has 206 valence electrons. The van der Waals surface area contributed by atoms with Crippen LogP contribution in [0.15, 0.2) is 65.3 Å².